The lowest BCUT2D eigenvalue weighted by atomic mass is 10.2. The maximum Gasteiger partial charge on any atom is 0.246 e. The Morgan fingerprint density at radius 2 is 1.88 bits per heavy atom. The van der Waals surface area contributed by atoms with Gasteiger partial charge >= 0.3 is 0 Å². The Bertz CT molecular complexity index is 1320. The van der Waals surface area contributed by atoms with Gasteiger partial charge in [0, 0.05) is 32.3 Å². The van der Waals surface area contributed by atoms with E-state index < -0.39 is 15.8 Å². The number of methoxy groups -OCH3 is 1. The van der Waals surface area contributed by atoms with Gasteiger partial charge in [-0.2, -0.15) is 14.6 Å². The molecule has 2 heterocycles. The third-order valence-corrected chi connectivity index (χ3v) is 7.16. The molecule has 0 bridgehead atoms. The van der Waals surface area contributed by atoms with E-state index in [1.54, 1.807) is 24.2 Å². The summed E-state index contributed by atoms with van der Waals surface area (Å²) in [6.07, 6.45) is 3.44. The Labute approximate surface area is 191 Å². The molecular formula is C23H21FN4O4S. The lowest BCUT2D eigenvalue weighted by Crippen LogP contribution is -2.48. The largest absolute Gasteiger partial charge is 0.497 e. The van der Waals surface area contributed by atoms with E-state index >= 15 is 0 Å². The minimum absolute atomic E-state index is 0.116. The van der Waals surface area contributed by atoms with E-state index in [2.05, 4.69) is 4.98 Å². The van der Waals surface area contributed by atoms with Crippen molar-refractivity contribution in [1.29, 1.82) is 5.26 Å². The number of piperazine rings is 1. The van der Waals surface area contributed by atoms with Gasteiger partial charge in [-0.3, -0.25) is 0 Å². The molecule has 33 heavy (non-hydrogen) atoms. The molecule has 4 rings (SSSR count). The van der Waals surface area contributed by atoms with E-state index in [-0.39, 0.29) is 48.5 Å². The average Bonchev–Trinajstić information content (AvgIpc) is 3.26. The highest BCUT2D eigenvalue weighted by molar-refractivity contribution is 7.89. The van der Waals surface area contributed by atoms with Gasteiger partial charge in [0.15, 0.2) is 0 Å². The maximum absolute atomic E-state index is 14.0. The Balaban J connectivity index is 1.48. The molecule has 1 aliphatic heterocycles. The highest BCUT2D eigenvalue weighted by Crippen LogP contribution is 2.27. The number of rotatable bonds is 6. The van der Waals surface area contributed by atoms with Crippen molar-refractivity contribution >= 4 is 28.1 Å². The highest BCUT2D eigenvalue weighted by Gasteiger charge is 2.32. The van der Waals surface area contributed by atoms with Gasteiger partial charge < -0.3 is 14.1 Å². The van der Waals surface area contributed by atoms with Crippen LogP contribution in [0.25, 0.3) is 12.2 Å². The van der Waals surface area contributed by atoms with Crippen molar-refractivity contribution in [3.63, 3.8) is 0 Å². The first-order valence-electron chi connectivity index (χ1n) is 10.1. The second kappa shape index (κ2) is 9.44. The Kier molecular flexibility index (Phi) is 6.44. The van der Waals surface area contributed by atoms with Crippen LogP contribution in [0.1, 0.15) is 17.1 Å². The van der Waals surface area contributed by atoms with Gasteiger partial charge in [-0.1, -0.05) is 24.3 Å². The fourth-order valence-electron chi connectivity index (χ4n) is 3.52. The van der Waals surface area contributed by atoms with E-state index in [4.69, 9.17) is 9.15 Å². The number of sulfonamides is 1. The molecular weight excluding hydrogens is 447 g/mol. The molecule has 1 saturated heterocycles. The number of hydrogen-bond acceptors (Lipinski definition) is 7. The summed E-state index contributed by atoms with van der Waals surface area (Å²) in [5.74, 6) is 0.470. The number of ether oxygens (including phenoxy) is 1. The van der Waals surface area contributed by atoms with Crippen molar-refractivity contribution in [2.45, 2.75) is 4.90 Å². The fourth-order valence-corrected chi connectivity index (χ4v) is 5.01. The maximum atomic E-state index is 14.0. The van der Waals surface area contributed by atoms with E-state index in [9.17, 15) is 18.1 Å². The second-order valence-electron chi connectivity index (χ2n) is 7.25. The van der Waals surface area contributed by atoms with E-state index in [1.165, 1.54) is 22.5 Å². The van der Waals surface area contributed by atoms with Crippen LogP contribution in [0.15, 0.2) is 57.8 Å². The van der Waals surface area contributed by atoms with Crippen LogP contribution in [0.5, 0.6) is 5.75 Å². The molecule has 3 aromatic rings. The molecule has 2 aromatic carbocycles. The summed E-state index contributed by atoms with van der Waals surface area (Å²) in [6.45, 7) is 0.793. The minimum atomic E-state index is -3.95. The number of anilines is 1. The minimum Gasteiger partial charge on any atom is -0.497 e. The van der Waals surface area contributed by atoms with Crippen molar-refractivity contribution in [3.05, 3.63) is 71.5 Å². The molecule has 0 radical (unpaired) electrons. The Morgan fingerprint density at radius 3 is 2.58 bits per heavy atom. The van der Waals surface area contributed by atoms with Crippen LogP contribution in [-0.4, -0.2) is 51.0 Å². The number of halogens is 1. The van der Waals surface area contributed by atoms with Gasteiger partial charge in [0.25, 0.3) is 0 Å². The fraction of sp³-hybridized carbons (Fsp3) is 0.217. The molecule has 0 unspecified atom stereocenters. The van der Waals surface area contributed by atoms with Gasteiger partial charge in [-0.15, -0.1) is 0 Å². The zero-order valence-corrected chi connectivity index (χ0v) is 18.6. The van der Waals surface area contributed by atoms with E-state index in [0.29, 0.717) is 5.75 Å². The van der Waals surface area contributed by atoms with Crippen molar-refractivity contribution in [3.8, 4) is 11.8 Å². The van der Waals surface area contributed by atoms with Gasteiger partial charge in [0.2, 0.25) is 27.5 Å². The molecule has 10 heteroatoms. The molecule has 0 aliphatic carbocycles. The predicted octanol–water partition coefficient (Wildman–Crippen LogP) is 3.38. The van der Waals surface area contributed by atoms with Gasteiger partial charge in [-0.25, -0.2) is 12.8 Å². The van der Waals surface area contributed by atoms with Crippen molar-refractivity contribution in [2.24, 2.45) is 0 Å². The monoisotopic (exact) mass is 468 g/mol. The zero-order chi connectivity index (χ0) is 23.4. The summed E-state index contributed by atoms with van der Waals surface area (Å²) in [4.78, 5) is 5.64. The molecule has 0 spiro atoms. The molecule has 170 valence electrons. The predicted molar refractivity (Wildman–Crippen MR) is 121 cm³/mol. The summed E-state index contributed by atoms with van der Waals surface area (Å²) in [7, 11) is -2.37. The molecule has 1 aromatic heterocycles. The highest BCUT2D eigenvalue weighted by atomic mass is 32.2. The van der Waals surface area contributed by atoms with Gasteiger partial charge in [-0.05, 0) is 35.9 Å². The first-order valence-corrected chi connectivity index (χ1v) is 11.6. The quantitative estimate of drug-likeness (QED) is 0.547. The molecule has 1 aliphatic rings. The summed E-state index contributed by atoms with van der Waals surface area (Å²) < 4.78 is 51.9. The summed E-state index contributed by atoms with van der Waals surface area (Å²) in [5, 5.41) is 9.49. The molecule has 8 nitrogen and oxygen atoms in total. The van der Waals surface area contributed by atoms with Crippen molar-refractivity contribution in [2.75, 3.05) is 38.2 Å². The van der Waals surface area contributed by atoms with Gasteiger partial charge in [0.05, 0.1) is 7.11 Å². The molecule has 1 fully saturated rings. The zero-order valence-electron chi connectivity index (χ0n) is 17.8. The van der Waals surface area contributed by atoms with Crippen LogP contribution in [0.4, 0.5) is 10.3 Å². The Morgan fingerprint density at radius 1 is 1.12 bits per heavy atom. The third kappa shape index (κ3) is 4.74. The van der Waals surface area contributed by atoms with E-state index in [1.807, 2.05) is 30.3 Å². The van der Waals surface area contributed by atoms with E-state index in [0.717, 1.165) is 11.6 Å². The van der Waals surface area contributed by atoms with Crippen LogP contribution >= 0.6 is 0 Å². The van der Waals surface area contributed by atoms with Crippen LogP contribution in [0.3, 0.4) is 0 Å². The lowest BCUT2D eigenvalue weighted by molar-refractivity contribution is 0.371. The van der Waals surface area contributed by atoms with Crippen LogP contribution < -0.4 is 9.64 Å². The first kappa shape index (κ1) is 22.5. The number of hydrogen-bond donors (Lipinski definition) is 0. The molecule has 0 amide bonds. The number of aromatic nitrogens is 1. The molecule has 0 N–H and O–H groups in total. The number of nitrogens with zero attached hydrogens (tertiary/aromatic N) is 4. The summed E-state index contributed by atoms with van der Waals surface area (Å²) in [6, 6.07) is 14.8. The summed E-state index contributed by atoms with van der Waals surface area (Å²) in [5.41, 5.74) is 0.991. The number of benzene rings is 2. The third-order valence-electron chi connectivity index (χ3n) is 5.22. The normalized spacial score (nSPS) is 15.0. The summed E-state index contributed by atoms with van der Waals surface area (Å²) >= 11 is 0. The number of nitriles is 1. The topological polar surface area (TPSA) is 99.7 Å². The second-order valence-corrected chi connectivity index (χ2v) is 9.16. The van der Waals surface area contributed by atoms with Crippen LogP contribution in [0.2, 0.25) is 0 Å². The van der Waals surface area contributed by atoms with Crippen LogP contribution in [-0.2, 0) is 10.0 Å². The smallest absolute Gasteiger partial charge is 0.246 e. The average molecular weight is 469 g/mol. The van der Waals surface area contributed by atoms with Crippen molar-refractivity contribution < 1.29 is 22.0 Å². The first-order chi connectivity index (χ1) is 15.9. The standard InChI is InChI=1S/C23H21FN4O4S/c1-31-18-6-4-5-17(15-18)9-10-22-26-20(16-25)23(32-22)27-11-13-28(14-12-27)33(29,30)21-8-3-2-7-19(21)24/h2-10,15H,11-14H2,1H3/b10-9+. The van der Waals surface area contributed by atoms with Crippen LogP contribution in [0, 0.1) is 17.1 Å². The SMILES string of the molecule is COc1cccc(/C=C/c2nc(C#N)c(N3CCN(S(=O)(=O)c4ccccc4F)CC3)o2)c1. The number of oxazole rings is 1. The Hall–Kier alpha value is -3.68. The lowest BCUT2D eigenvalue weighted by Gasteiger charge is -2.33. The van der Waals surface area contributed by atoms with Crippen molar-refractivity contribution in [1.82, 2.24) is 9.29 Å². The molecule has 0 saturated carbocycles. The van der Waals surface area contributed by atoms with Gasteiger partial charge in [0.1, 0.15) is 22.5 Å². The molecule has 0 atom stereocenters.